The Labute approximate surface area is 102 Å². The van der Waals surface area contributed by atoms with Crippen molar-refractivity contribution in [2.45, 2.75) is 34.1 Å². The minimum Gasteiger partial charge on any atom is -0.347 e. The second-order valence-corrected chi connectivity index (χ2v) is 4.92. The number of nitrogens with zero attached hydrogens (tertiary/aromatic N) is 1. The Bertz CT molecular complexity index is 605. The van der Waals surface area contributed by atoms with Gasteiger partial charge in [0.25, 0.3) is 0 Å². The van der Waals surface area contributed by atoms with Crippen LogP contribution in [0.2, 0.25) is 0 Å². The highest BCUT2D eigenvalue weighted by atomic mass is 16.1. The predicted octanol–water partition coefficient (Wildman–Crippen LogP) is 3.24. The second-order valence-electron chi connectivity index (χ2n) is 4.92. The number of hydrogen-bond acceptors (Lipinski definition) is 1. The zero-order chi connectivity index (χ0) is 12.7. The van der Waals surface area contributed by atoms with Crippen molar-refractivity contribution in [2.75, 3.05) is 0 Å². The van der Waals surface area contributed by atoms with Gasteiger partial charge < -0.3 is 4.57 Å². The van der Waals surface area contributed by atoms with Crippen molar-refractivity contribution in [2.24, 2.45) is 7.05 Å². The van der Waals surface area contributed by atoms with Gasteiger partial charge in [-0.05, 0) is 44.4 Å². The molecule has 1 aromatic heterocycles. The van der Waals surface area contributed by atoms with Gasteiger partial charge in [-0.15, -0.1) is 0 Å². The van der Waals surface area contributed by atoms with Crippen molar-refractivity contribution in [1.29, 1.82) is 0 Å². The molecule has 0 bridgehead atoms. The van der Waals surface area contributed by atoms with Crippen LogP contribution in [0.5, 0.6) is 0 Å². The molecule has 0 spiro atoms. The highest BCUT2D eigenvalue weighted by Gasteiger charge is 2.16. The normalized spacial score (nSPS) is 11.1. The molecule has 0 unspecified atom stereocenters. The van der Waals surface area contributed by atoms with E-state index >= 15 is 0 Å². The van der Waals surface area contributed by atoms with Gasteiger partial charge in [-0.2, -0.15) is 0 Å². The van der Waals surface area contributed by atoms with Gasteiger partial charge in [-0.1, -0.05) is 12.1 Å². The summed E-state index contributed by atoms with van der Waals surface area (Å²) in [6.45, 7) is 7.99. The molecule has 0 aliphatic rings. The summed E-state index contributed by atoms with van der Waals surface area (Å²) in [5.74, 6) is 0.224. The number of carbonyl (C=O) groups is 1. The first kappa shape index (κ1) is 11.9. The van der Waals surface area contributed by atoms with E-state index in [0.29, 0.717) is 6.42 Å². The lowest BCUT2D eigenvalue weighted by Crippen LogP contribution is -1.99. The summed E-state index contributed by atoms with van der Waals surface area (Å²) in [6, 6.07) is 4.29. The molecule has 1 heterocycles. The van der Waals surface area contributed by atoms with E-state index in [0.717, 1.165) is 0 Å². The molecule has 0 saturated heterocycles. The lowest BCUT2D eigenvalue weighted by molar-refractivity contribution is -0.116. The summed E-state index contributed by atoms with van der Waals surface area (Å²) in [4.78, 5) is 11.4. The maximum atomic E-state index is 11.4. The second kappa shape index (κ2) is 4.02. The molecule has 0 aliphatic carbocycles. The lowest BCUT2D eigenvalue weighted by Gasteiger charge is -2.04. The minimum atomic E-state index is 0.224. The minimum absolute atomic E-state index is 0.224. The Morgan fingerprint density at radius 1 is 1.18 bits per heavy atom. The smallest absolute Gasteiger partial charge is 0.134 e. The van der Waals surface area contributed by atoms with Gasteiger partial charge in [0, 0.05) is 24.5 Å². The van der Waals surface area contributed by atoms with Gasteiger partial charge in [0.05, 0.1) is 5.52 Å². The Morgan fingerprint density at radius 3 is 2.35 bits per heavy atom. The highest BCUT2D eigenvalue weighted by molar-refractivity contribution is 5.94. The van der Waals surface area contributed by atoms with Crippen LogP contribution in [-0.2, 0) is 18.3 Å². The molecule has 0 atom stereocenters. The molecule has 90 valence electrons. The van der Waals surface area contributed by atoms with E-state index in [1.54, 1.807) is 6.92 Å². The monoisotopic (exact) mass is 229 g/mol. The molecule has 0 aliphatic heterocycles. The topological polar surface area (TPSA) is 22.0 Å². The maximum absolute atomic E-state index is 11.4. The van der Waals surface area contributed by atoms with E-state index in [1.807, 2.05) is 0 Å². The summed E-state index contributed by atoms with van der Waals surface area (Å²) in [5, 5.41) is 1.26. The zero-order valence-electron chi connectivity index (χ0n) is 11.2. The summed E-state index contributed by atoms with van der Waals surface area (Å²) < 4.78 is 2.20. The lowest BCUT2D eigenvalue weighted by atomic mass is 10.00. The van der Waals surface area contributed by atoms with Gasteiger partial charge >= 0.3 is 0 Å². The number of hydrogen-bond donors (Lipinski definition) is 0. The van der Waals surface area contributed by atoms with Crippen LogP contribution >= 0.6 is 0 Å². The average Bonchev–Trinajstić information content (AvgIpc) is 2.49. The molecule has 2 heteroatoms. The first-order chi connectivity index (χ1) is 7.93. The van der Waals surface area contributed by atoms with Crippen LogP contribution in [0, 0.1) is 20.8 Å². The third-order valence-electron chi connectivity index (χ3n) is 3.59. The number of Topliss-reactive ketones (excluding diaryl/α,β-unsaturated/α-hetero) is 1. The Morgan fingerprint density at radius 2 is 1.76 bits per heavy atom. The fraction of sp³-hybridized carbons (Fsp3) is 0.400. The Kier molecular flexibility index (Phi) is 2.82. The van der Waals surface area contributed by atoms with Crippen LogP contribution in [0.15, 0.2) is 12.1 Å². The number of aromatic nitrogens is 1. The van der Waals surface area contributed by atoms with Crippen molar-refractivity contribution in [3.63, 3.8) is 0 Å². The molecule has 0 amide bonds. The van der Waals surface area contributed by atoms with Crippen LogP contribution in [0.3, 0.4) is 0 Å². The van der Waals surface area contributed by atoms with E-state index in [-0.39, 0.29) is 5.78 Å². The van der Waals surface area contributed by atoms with Crippen molar-refractivity contribution in [1.82, 2.24) is 4.57 Å². The molecule has 17 heavy (non-hydrogen) atoms. The predicted molar refractivity (Wildman–Crippen MR) is 71.5 cm³/mol. The van der Waals surface area contributed by atoms with Gasteiger partial charge in [-0.3, -0.25) is 4.79 Å². The molecule has 2 rings (SSSR count). The van der Waals surface area contributed by atoms with Gasteiger partial charge in [0.15, 0.2) is 0 Å². The summed E-state index contributed by atoms with van der Waals surface area (Å²) >= 11 is 0. The third-order valence-corrected chi connectivity index (χ3v) is 3.59. The molecule has 1 aromatic carbocycles. The number of rotatable bonds is 2. The van der Waals surface area contributed by atoms with Crippen molar-refractivity contribution in [3.05, 3.63) is 34.5 Å². The molecule has 2 nitrogen and oxygen atoms in total. The molecular formula is C15H19NO. The van der Waals surface area contributed by atoms with Crippen molar-refractivity contribution >= 4 is 16.7 Å². The zero-order valence-corrected chi connectivity index (χ0v) is 11.2. The van der Waals surface area contributed by atoms with Crippen LogP contribution < -0.4 is 0 Å². The highest BCUT2D eigenvalue weighted by Crippen LogP contribution is 2.30. The standard InChI is InChI=1S/C15H19NO/c1-9-6-7-10(2)15-14(9)13(8-11(3)17)12(4)16(15)5/h6-7H,8H2,1-5H3. The fourth-order valence-corrected chi connectivity index (χ4v) is 2.63. The number of ketones is 1. The number of benzene rings is 1. The van der Waals surface area contributed by atoms with E-state index < -0.39 is 0 Å². The van der Waals surface area contributed by atoms with Crippen LogP contribution in [-0.4, -0.2) is 10.4 Å². The summed E-state index contributed by atoms with van der Waals surface area (Å²) in [6.07, 6.45) is 0.535. The largest absolute Gasteiger partial charge is 0.347 e. The number of aryl methyl sites for hydroxylation is 3. The van der Waals surface area contributed by atoms with E-state index in [1.165, 1.54) is 33.3 Å². The van der Waals surface area contributed by atoms with Crippen molar-refractivity contribution in [3.8, 4) is 0 Å². The molecule has 0 saturated carbocycles. The molecule has 0 radical (unpaired) electrons. The van der Waals surface area contributed by atoms with Crippen LogP contribution in [0.25, 0.3) is 10.9 Å². The van der Waals surface area contributed by atoms with Gasteiger partial charge in [0.2, 0.25) is 0 Å². The van der Waals surface area contributed by atoms with Crippen molar-refractivity contribution < 1.29 is 4.79 Å². The molecular weight excluding hydrogens is 210 g/mol. The molecule has 0 N–H and O–H groups in total. The number of fused-ring (bicyclic) bond motifs is 1. The molecule has 2 aromatic rings. The van der Waals surface area contributed by atoms with E-state index in [4.69, 9.17) is 0 Å². The third kappa shape index (κ3) is 1.78. The summed E-state index contributed by atoms with van der Waals surface area (Å²) in [5.41, 5.74) is 6.18. The Balaban J connectivity index is 2.88. The van der Waals surface area contributed by atoms with Crippen LogP contribution in [0.1, 0.15) is 29.3 Å². The quantitative estimate of drug-likeness (QED) is 0.775. The fourth-order valence-electron chi connectivity index (χ4n) is 2.63. The first-order valence-electron chi connectivity index (χ1n) is 5.97. The average molecular weight is 229 g/mol. The Hall–Kier alpha value is -1.57. The number of carbonyl (C=O) groups excluding carboxylic acids is 1. The summed E-state index contributed by atoms with van der Waals surface area (Å²) in [7, 11) is 2.08. The maximum Gasteiger partial charge on any atom is 0.134 e. The van der Waals surface area contributed by atoms with E-state index in [2.05, 4.69) is 44.5 Å². The van der Waals surface area contributed by atoms with Gasteiger partial charge in [0.1, 0.15) is 5.78 Å². The molecule has 0 fully saturated rings. The van der Waals surface area contributed by atoms with Crippen LogP contribution in [0.4, 0.5) is 0 Å². The van der Waals surface area contributed by atoms with E-state index in [9.17, 15) is 4.79 Å². The SMILES string of the molecule is CC(=O)Cc1c(C)n(C)c2c(C)ccc(C)c12. The first-order valence-corrected chi connectivity index (χ1v) is 5.97. The van der Waals surface area contributed by atoms with Gasteiger partial charge in [-0.25, -0.2) is 0 Å².